The standard InChI is InChI=1S/C24H29FN4O4S/c1-24(2,3)33-23(30)28-12-9-16(10-13-28)20-15-26-22-19(6-5-11-29(20)22)27-17-7-8-21(18(25)14-17)34(4,31)32/h5-8,11,14-16,27H,9-10,12-13H2,1-4H3. The van der Waals surface area contributed by atoms with E-state index < -0.39 is 21.3 Å². The SMILES string of the molecule is CC(C)(C)OC(=O)N1CCC(c2cnc3c(Nc4ccc(S(C)(=O)=O)c(F)c4)cccn23)CC1. The summed E-state index contributed by atoms with van der Waals surface area (Å²) in [6.45, 7) is 6.79. The Hall–Kier alpha value is -3.14. The van der Waals surface area contributed by atoms with Gasteiger partial charge in [-0.15, -0.1) is 0 Å². The molecule has 182 valence electrons. The molecular formula is C24H29FN4O4S. The van der Waals surface area contributed by atoms with Gasteiger partial charge in [-0.25, -0.2) is 22.6 Å². The number of fused-ring (bicyclic) bond motifs is 1. The number of anilines is 2. The highest BCUT2D eigenvalue weighted by atomic mass is 32.2. The summed E-state index contributed by atoms with van der Waals surface area (Å²) in [7, 11) is -3.64. The van der Waals surface area contributed by atoms with Crippen molar-refractivity contribution < 1.29 is 22.3 Å². The Morgan fingerprint density at radius 2 is 1.91 bits per heavy atom. The lowest BCUT2D eigenvalue weighted by atomic mass is 9.94. The van der Waals surface area contributed by atoms with Gasteiger partial charge >= 0.3 is 6.09 Å². The van der Waals surface area contributed by atoms with Crippen molar-refractivity contribution in [2.24, 2.45) is 0 Å². The fraction of sp³-hybridized carbons (Fsp3) is 0.417. The summed E-state index contributed by atoms with van der Waals surface area (Å²) in [6, 6.07) is 7.65. The number of likely N-dealkylation sites (tertiary alicyclic amines) is 1. The van der Waals surface area contributed by atoms with E-state index in [9.17, 15) is 17.6 Å². The third kappa shape index (κ3) is 5.16. The number of piperidine rings is 1. The van der Waals surface area contributed by atoms with Gasteiger partial charge in [-0.3, -0.25) is 0 Å². The average Bonchev–Trinajstić information content (AvgIpc) is 3.17. The quantitative estimate of drug-likeness (QED) is 0.571. The van der Waals surface area contributed by atoms with E-state index in [1.165, 1.54) is 12.1 Å². The van der Waals surface area contributed by atoms with E-state index in [4.69, 9.17) is 4.74 Å². The molecule has 1 aliphatic heterocycles. The van der Waals surface area contributed by atoms with Crippen LogP contribution in [0.25, 0.3) is 5.65 Å². The van der Waals surface area contributed by atoms with Crippen molar-refractivity contribution >= 4 is 33.0 Å². The second-order valence-corrected chi connectivity index (χ2v) is 11.6. The van der Waals surface area contributed by atoms with Crippen molar-refractivity contribution in [1.29, 1.82) is 0 Å². The number of hydrogen-bond acceptors (Lipinski definition) is 6. The first-order valence-electron chi connectivity index (χ1n) is 11.1. The van der Waals surface area contributed by atoms with Crippen LogP contribution in [0.3, 0.4) is 0 Å². The van der Waals surface area contributed by atoms with Crippen LogP contribution in [-0.2, 0) is 14.6 Å². The lowest BCUT2D eigenvalue weighted by molar-refractivity contribution is 0.0204. The Morgan fingerprint density at radius 3 is 2.53 bits per heavy atom. The van der Waals surface area contributed by atoms with E-state index >= 15 is 0 Å². The number of hydrogen-bond donors (Lipinski definition) is 1. The molecule has 1 saturated heterocycles. The molecule has 2 aromatic heterocycles. The summed E-state index contributed by atoms with van der Waals surface area (Å²) in [5, 5.41) is 3.14. The number of sulfone groups is 1. The van der Waals surface area contributed by atoms with Gasteiger partial charge in [0.1, 0.15) is 16.3 Å². The van der Waals surface area contributed by atoms with Gasteiger partial charge in [-0.2, -0.15) is 0 Å². The lowest BCUT2D eigenvalue weighted by Gasteiger charge is -2.33. The maximum Gasteiger partial charge on any atom is 0.410 e. The van der Waals surface area contributed by atoms with Gasteiger partial charge < -0.3 is 19.4 Å². The first kappa shape index (κ1) is 24.0. The van der Waals surface area contributed by atoms with E-state index in [0.29, 0.717) is 30.1 Å². The Bertz CT molecular complexity index is 1320. The second kappa shape index (κ2) is 8.90. The number of carbonyl (C=O) groups is 1. The third-order valence-corrected chi connectivity index (χ3v) is 6.87. The van der Waals surface area contributed by atoms with E-state index in [2.05, 4.69) is 10.3 Å². The summed E-state index contributed by atoms with van der Waals surface area (Å²) < 4.78 is 45.1. The summed E-state index contributed by atoms with van der Waals surface area (Å²) in [5.41, 5.74) is 2.30. The number of pyridine rings is 1. The number of halogens is 1. The van der Waals surface area contributed by atoms with E-state index in [-0.39, 0.29) is 16.9 Å². The second-order valence-electron chi connectivity index (χ2n) is 9.58. The Labute approximate surface area is 198 Å². The predicted molar refractivity (Wildman–Crippen MR) is 128 cm³/mol. The lowest BCUT2D eigenvalue weighted by Crippen LogP contribution is -2.41. The van der Waals surface area contributed by atoms with Gasteiger partial charge in [0.25, 0.3) is 0 Å². The highest BCUT2D eigenvalue weighted by Gasteiger charge is 2.29. The Kier molecular flexibility index (Phi) is 6.28. The maximum absolute atomic E-state index is 14.3. The molecule has 0 atom stereocenters. The molecule has 0 radical (unpaired) electrons. The Balaban J connectivity index is 1.51. The molecule has 0 bridgehead atoms. The molecule has 1 aliphatic rings. The number of ether oxygens (including phenoxy) is 1. The molecule has 1 fully saturated rings. The number of nitrogens with one attached hydrogen (secondary N) is 1. The number of carbonyl (C=O) groups excluding carboxylic acids is 1. The van der Waals surface area contributed by atoms with Crippen molar-refractivity contribution in [3.05, 3.63) is 54.2 Å². The maximum atomic E-state index is 14.3. The van der Waals surface area contributed by atoms with Crippen LogP contribution in [0.5, 0.6) is 0 Å². The van der Waals surface area contributed by atoms with Crippen molar-refractivity contribution in [2.45, 2.75) is 50.0 Å². The van der Waals surface area contributed by atoms with Crippen LogP contribution in [-0.4, -0.2) is 53.7 Å². The molecule has 3 heterocycles. The summed E-state index contributed by atoms with van der Waals surface area (Å²) in [4.78, 5) is 18.3. The number of benzene rings is 1. The smallest absolute Gasteiger partial charge is 0.410 e. The zero-order chi connectivity index (χ0) is 24.7. The zero-order valence-corrected chi connectivity index (χ0v) is 20.5. The minimum absolute atomic E-state index is 0.232. The Morgan fingerprint density at radius 1 is 1.21 bits per heavy atom. The molecule has 34 heavy (non-hydrogen) atoms. The molecule has 4 rings (SSSR count). The normalized spacial score (nSPS) is 15.5. The molecule has 8 nitrogen and oxygen atoms in total. The van der Waals surface area contributed by atoms with Crippen LogP contribution in [0.2, 0.25) is 0 Å². The van der Waals surface area contributed by atoms with Gasteiger partial charge in [0.2, 0.25) is 0 Å². The van der Waals surface area contributed by atoms with Crippen molar-refractivity contribution in [3.63, 3.8) is 0 Å². The molecule has 3 aromatic rings. The number of nitrogens with zero attached hydrogens (tertiary/aromatic N) is 3. The monoisotopic (exact) mass is 488 g/mol. The van der Waals surface area contributed by atoms with Crippen LogP contribution in [0.15, 0.2) is 47.6 Å². The molecule has 0 saturated carbocycles. The molecule has 0 aliphatic carbocycles. The zero-order valence-electron chi connectivity index (χ0n) is 19.7. The van der Waals surface area contributed by atoms with Gasteiger partial charge in [0.15, 0.2) is 15.5 Å². The number of imidazole rings is 1. The number of rotatable bonds is 4. The highest BCUT2D eigenvalue weighted by molar-refractivity contribution is 7.90. The number of aromatic nitrogens is 2. The minimum Gasteiger partial charge on any atom is -0.444 e. The van der Waals surface area contributed by atoms with E-state index in [1.807, 2.05) is 49.7 Å². The largest absolute Gasteiger partial charge is 0.444 e. The topological polar surface area (TPSA) is 93.0 Å². The van der Waals surface area contributed by atoms with Crippen LogP contribution in [0.1, 0.15) is 45.2 Å². The first-order chi connectivity index (χ1) is 15.9. The van der Waals surface area contributed by atoms with Gasteiger partial charge in [0, 0.05) is 49.0 Å². The van der Waals surface area contributed by atoms with E-state index in [0.717, 1.165) is 30.9 Å². The van der Waals surface area contributed by atoms with Crippen LogP contribution in [0, 0.1) is 5.82 Å². The molecule has 1 amide bonds. The van der Waals surface area contributed by atoms with Crippen molar-refractivity contribution in [2.75, 3.05) is 24.7 Å². The van der Waals surface area contributed by atoms with Crippen LogP contribution >= 0.6 is 0 Å². The number of amides is 1. The van der Waals surface area contributed by atoms with E-state index in [1.54, 1.807) is 4.90 Å². The molecule has 10 heteroatoms. The van der Waals surface area contributed by atoms with Gasteiger partial charge in [-0.05, 0) is 63.9 Å². The van der Waals surface area contributed by atoms with Crippen molar-refractivity contribution in [1.82, 2.24) is 14.3 Å². The molecule has 0 unspecified atom stereocenters. The summed E-state index contributed by atoms with van der Waals surface area (Å²) >= 11 is 0. The highest BCUT2D eigenvalue weighted by Crippen LogP contribution is 2.32. The summed E-state index contributed by atoms with van der Waals surface area (Å²) in [5.74, 6) is -0.573. The molecule has 1 N–H and O–H groups in total. The summed E-state index contributed by atoms with van der Waals surface area (Å²) in [6.07, 6.45) is 6.04. The molecular weight excluding hydrogens is 459 g/mol. The third-order valence-electron chi connectivity index (χ3n) is 5.74. The molecule has 1 aromatic carbocycles. The van der Waals surface area contributed by atoms with Crippen molar-refractivity contribution in [3.8, 4) is 0 Å². The first-order valence-corrected chi connectivity index (χ1v) is 13.0. The van der Waals surface area contributed by atoms with Crippen LogP contribution < -0.4 is 5.32 Å². The minimum atomic E-state index is -3.64. The predicted octanol–water partition coefficient (Wildman–Crippen LogP) is 4.74. The average molecular weight is 489 g/mol. The van der Waals surface area contributed by atoms with Gasteiger partial charge in [-0.1, -0.05) is 0 Å². The molecule has 0 spiro atoms. The fourth-order valence-corrected chi connectivity index (χ4v) is 4.88. The fourth-order valence-electron chi connectivity index (χ4n) is 4.15. The van der Waals surface area contributed by atoms with Crippen LogP contribution in [0.4, 0.5) is 20.6 Å². The van der Waals surface area contributed by atoms with Gasteiger partial charge in [0.05, 0.1) is 5.69 Å².